The Morgan fingerprint density at radius 1 is 1.14 bits per heavy atom. The highest BCUT2D eigenvalue weighted by Crippen LogP contribution is 2.22. The van der Waals surface area contributed by atoms with E-state index >= 15 is 0 Å². The fourth-order valence-electron chi connectivity index (χ4n) is 2.12. The van der Waals surface area contributed by atoms with E-state index in [2.05, 4.69) is 4.98 Å². The minimum Gasteiger partial charge on any atom is -0.486 e. The van der Waals surface area contributed by atoms with Crippen molar-refractivity contribution in [3.8, 4) is 11.8 Å². The molecule has 0 N–H and O–H groups in total. The lowest BCUT2D eigenvalue weighted by Gasteiger charge is -2.09. The fourth-order valence-corrected chi connectivity index (χ4v) is 2.12. The van der Waals surface area contributed by atoms with Crippen LogP contribution in [-0.4, -0.2) is 4.98 Å². The number of halogens is 1. The van der Waals surface area contributed by atoms with Crippen LogP contribution in [0.5, 0.6) is 5.75 Å². The summed E-state index contributed by atoms with van der Waals surface area (Å²) in [6.45, 7) is 0.242. The van der Waals surface area contributed by atoms with E-state index in [-0.39, 0.29) is 17.9 Å². The Balaban J connectivity index is 1.86. The van der Waals surface area contributed by atoms with Crippen LogP contribution in [0.1, 0.15) is 11.1 Å². The summed E-state index contributed by atoms with van der Waals surface area (Å²) in [5.74, 6) is -0.401. The topological polar surface area (TPSA) is 45.9 Å². The maximum atomic E-state index is 13.8. The smallest absolute Gasteiger partial charge is 0.166 e. The van der Waals surface area contributed by atoms with E-state index < -0.39 is 5.82 Å². The lowest BCUT2D eigenvalue weighted by molar-refractivity contribution is 0.291. The van der Waals surface area contributed by atoms with Gasteiger partial charge in [0.25, 0.3) is 0 Å². The van der Waals surface area contributed by atoms with Gasteiger partial charge in [0.05, 0.1) is 17.1 Å². The number of benzene rings is 2. The van der Waals surface area contributed by atoms with Crippen LogP contribution < -0.4 is 4.74 Å². The maximum absolute atomic E-state index is 13.8. The number of fused-ring (bicyclic) bond motifs is 1. The first kappa shape index (κ1) is 13.1. The summed E-state index contributed by atoms with van der Waals surface area (Å²) >= 11 is 0. The molecule has 0 amide bonds. The molecule has 0 radical (unpaired) electrons. The second kappa shape index (κ2) is 5.59. The predicted molar refractivity (Wildman–Crippen MR) is 77.2 cm³/mol. The standard InChI is InChI=1S/C17H11FN2O/c18-15-9-12(10-19)5-6-17(15)21-11-13-7-8-20-16-4-2-1-3-14(13)16/h1-9H,11H2. The highest BCUT2D eigenvalue weighted by Gasteiger charge is 2.07. The van der Waals surface area contributed by atoms with E-state index in [4.69, 9.17) is 10.00 Å². The molecule has 2 aromatic carbocycles. The minimum atomic E-state index is -0.535. The molecule has 0 atom stereocenters. The van der Waals surface area contributed by atoms with E-state index in [1.165, 1.54) is 18.2 Å². The Bertz CT molecular complexity index is 834. The van der Waals surface area contributed by atoms with Crippen molar-refractivity contribution in [3.05, 3.63) is 71.7 Å². The number of nitriles is 1. The molecule has 0 aliphatic heterocycles. The molecule has 0 unspecified atom stereocenters. The van der Waals surface area contributed by atoms with Crippen molar-refractivity contribution in [1.29, 1.82) is 5.26 Å². The Labute approximate surface area is 121 Å². The van der Waals surface area contributed by atoms with Crippen LogP contribution in [-0.2, 0) is 6.61 Å². The average molecular weight is 278 g/mol. The summed E-state index contributed by atoms with van der Waals surface area (Å²) in [5.41, 5.74) is 2.08. The summed E-state index contributed by atoms with van der Waals surface area (Å²) in [6, 6.07) is 15.6. The zero-order valence-corrected chi connectivity index (χ0v) is 11.1. The Morgan fingerprint density at radius 2 is 2.00 bits per heavy atom. The van der Waals surface area contributed by atoms with Crippen molar-refractivity contribution >= 4 is 10.9 Å². The van der Waals surface area contributed by atoms with E-state index in [0.717, 1.165) is 16.5 Å². The molecule has 0 aliphatic carbocycles. The first-order valence-electron chi connectivity index (χ1n) is 6.43. The first-order chi connectivity index (χ1) is 10.3. The molecular weight excluding hydrogens is 267 g/mol. The lowest BCUT2D eigenvalue weighted by Crippen LogP contribution is -1.99. The molecule has 0 saturated carbocycles. The van der Waals surface area contributed by atoms with Gasteiger partial charge in [0.15, 0.2) is 11.6 Å². The number of para-hydroxylation sites is 1. The lowest BCUT2D eigenvalue weighted by atomic mass is 10.1. The third kappa shape index (κ3) is 2.67. The van der Waals surface area contributed by atoms with Crippen molar-refractivity contribution < 1.29 is 9.13 Å². The van der Waals surface area contributed by atoms with E-state index in [1.54, 1.807) is 6.20 Å². The molecule has 1 aromatic heterocycles. The van der Waals surface area contributed by atoms with Gasteiger partial charge in [-0.15, -0.1) is 0 Å². The summed E-state index contributed by atoms with van der Waals surface area (Å²) < 4.78 is 19.3. The quantitative estimate of drug-likeness (QED) is 0.731. The molecule has 0 spiro atoms. The monoisotopic (exact) mass is 278 g/mol. The van der Waals surface area contributed by atoms with Gasteiger partial charge in [0, 0.05) is 17.1 Å². The van der Waals surface area contributed by atoms with Gasteiger partial charge in [-0.05, 0) is 30.3 Å². The third-order valence-electron chi connectivity index (χ3n) is 3.18. The zero-order valence-electron chi connectivity index (χ0n) is 11.1. The summed E-state index contributed by atoms with van der Waals surface area (Å²) in [4.78, 5) is 4.27. The predicted octanol–water partition coefficient (Wildman–Crippen LogP) is 3.82. The summed E-state index contributed by atoms with van der Waals surface area (Å²) in [7, 11) is 0. The molecule has 0 aliphatic rings. The number of rotatable bonds is 3. The largest absolute Gasteiger partial charge is 0.486 e. The van der Waals surface area contributed by atoms with E-state index in [0.29, 0.717) is 0 Å². The summed E-state index contributed by atoms with van der Waals surface area (Å²) in [6.07, 6.45) is 1.70. The van der Waals surface area contributed by atoms with Crippen LogP contribution in [0.4, 0.5) is 4.39 Å². The Hall–Kier alpha value is -2.93. The normalized spacial score (nSPS) is 10.3. The molecule has 0 bridgehead atoms. The number of pyridine rings is 1. The van der Waals surface area contributed by atoms with Crippen LogP contribution in [0, 0.1) is 17.1 Å². The van der Waals surface area contributed by atoms with Gasteiger partial charge in [-0.25, -0.2) is 4.39 Å². The van der Waals surface area contributed by atoms with Gasteiger partial charge < -0.3 is 4.74 Å². The van der Waals surface area contributed by atoms with Gasteiger partial charge >= 0.3 is 0 Å². The number of hydrogen-bond acceptors (Lipinski definition) is 3. The number of hydrogen-bond donors (Lipinski definition) is 0. The van der Waals surface area contributed by atoms with Gasteiger partial charge in [0.2, 0.25) is 0 Å². The van der Waals surface area contributed by atoms with Crippen molar-refractivity contribution in [2.45, 2.75) is 6.61 Å². The van der Waals surface area contributed by atoms with E-state index in [9.17, 15) is 4.39 Å². The number of ether oxygens (including phenoxy) is 1. The van der Waals surface area contributed by atoms with Crippen molar-refractivity contribution in [2.75, 3.05) is 0 Å². The van der Waals surface area contributed by atoms with Crippen molar-refractivity contribution in [1.82, 2.24) is 4.98 Å². The van der Waals surface area contributed by atoms with Gasteiger partial charge in [-0.2, -0.15) is 5.26 Å². The number of aromatic nitrogens is 1. The first-order valence-corrected chi connectivity index (χ1v) is 6.43. The molecule has 0 saturated heterocycles. The molecule has 1 heterocycles. The minimum absolute atomic E-state index is 0.134. The van der Waals surface area contributed by atoms with Crippen LogP contribution >= 0.6 is 0 Å². The molecule has 102 valence electrons. The Morgan fingerprint density at radius 3 is 2.81 bits per heavy atom. The molecule has 3 rings (SSSR count). The van der Waals surface area contributed by atoms with Crippen LogP contribution in [0.15, 0.2) is 54.7 Å². The van der Waals surface area contributed by atoms with Crippen LogP contribution in [0.25, 0.3) is 10.9 Å². The second-order valence-corrected chi connectivity index (χ2v) is 4.53. The molecule has 4 heteroatoms. The zero-order chi connectivity index (χ0) is 14.7. The SMILES string of the molecule is N#Cc1ccc(OCc2ccnc3ccccc23)c(F)c1. The van der Waals surface area contributed by atoms with Crippen molar-refractivity contribution in [2.24, 2.45) is 0 Å². The fraction of sp³-hybridized carbons (Fsp3) is 0.0588. The van der Waals surface area contributed by atoms with Gasteiger partial charge in [0.1, 0.15) is 6.61 Å². The van der Waals surface area contributed by atoms with Gasteiger partial charge in [-0.1, -0.05) is 18.2 Å². The average Bonchev–Trinajstić information content (AvgIpc) is 2.53. The highest BCUT2D eigenvalue weighted by atomic mass is 19.1. The van der Waals surface area contributed by atoms with Crippen LogP contribution in [0.2, 0.25) is 0 Å². The summed E-state index contributed by atoms with van der Waals surface area (Å²) in [5, 5.41) is 9.70. The third-order valence-corrected chi connectivity index (χ3v) is 3.18. The molecule has 3 aromatic rings. The Kier molecular flexibility index (Phi) is 3.48. The van der Waals surface area contributed by atoms with Gasteiger partial charge in [-0.3, -0.25) is 4.98 Å². The van der Waals surface area contributed by atoms with E-state index in [1.807, 2.05) is 36.4 Å². The van der Waals surface area contributed by atoms with Crippen molar-refractivity contribution in [3.63, 3.8) is 0 Å². The van der Waals surface area contributed by atoms with Crippen LogP contribution in [0.3, 0.4) is 0 Å². The molecule has 0 fully saturated rings. The second-order valence-electron chi connectivity index (χ2n) is 4.53. The maximum Gasteiger partial charge on any atom is 0.166 e. The molecule has 21 heavy (non-hydrogen) atoms. The molecule has 3 nitrogen and oxygen atoms in total. The number of nitrogens with zero attached hydrogens (tertiary/aromatic N) is 2. The highest BCUT2D eigenvalue weighted by molar-refractivity contribution is 5.81. The molecular formula is C17H11FN2O.